The molecule has 0 bridgehead atoms. The summed E-state index contributed by atoms with van der Waals surface area (Å²) >= 11 is 0. The van der Waals surface area contributed by atoms with Crippen LogP contribution in [0.25, 0.3) is 33.9 Å². The van der Waals surface area contributed by atoms with E-state index in [2.05, 4.69) is 29.2 Å². The lowest BCUT2D eigenvalue weighted by atomic mass is 10.1. The number of aromatic amines is 1. The van der Waals surface area contributed by atoms with E-state index in [9.17, 15) is 0 Å². The van der Waals surface area contributed by atoms with Gasteiger partial charge in [-0.3, -0.25) is 0 Å². The first kappa shape index (κ1) is 17.1. The van der Waals surface area contributed by atoms with Gasteiger partial charge in [-0.1, -0.05) is 72.8 Å². The van der Waals surface area contributed by atoms with Crippen molar-refractivity contribution in [2.45, 2.75) is 0 Å². The van der Waals surface area contributed by atoms with Gasteiger partial charge in [0.1, 0.15) is 18.2 Å². The average molecular weight is 356 g/mol. The zero-order valence-corrected chi connectivity index (χ0v) is 14.8. The lowest BCUT2D eigenvalue weighted by Crippen LogP contribution is -2.02. The number of nitrogens with zero attached hydrogens (tertiary/aromatic N) is 1. The van der Waals surface area contributed by atoms with Crippen molar-refractivity contribution in [2.75, 3.05) is 13.2 Å². The summed E-state index contributed by atoms with van der Waals surface area (Å²) in [7, 11) is 0. The zero-order valence-electron chi connectivity index (χ0n) is 14.8. The van der Waals surface area contributed by atoms with Crippen LogP contribution in [0.3, 0.4) is 0 Å². The first-order chi connectivity index (χ1) is 13.4. The summed E-state index contributed by atoms with van der Waals surface area (Å²) in [4.78, 5) is 8.37. The Bertz CT molecular complexity index is 954. The highest BCUT2D eigenvalue weighted by molar-refractivity contribution is 5.82. The molecule has 134 valence electrons. The molecule has 0 atom stereocenters. The fraction of sp³-hybridized carbons (Fsp3) is 0.0870. The maximum Gasteiger partial charge on any atom is 0.142 e. The molecular formula is C23H20N2O2. The van der Waals surface area contributed by atoms with E-state index in [1.54, 1.807) is 0 Å². The van der Waals surface area contributed by atoms with Crippen molar-refractivity contribution in [1.29, 1.82) is 0 Å². The van der Waals surface area contributed by atoms with Crippen LogP contribution in [0, 0.1) is 0 Å². The number of benzene rings is 3. The van der Waals surface area contributed by atoms with Gasteiger partial charge in [0.25, 0.3) is 0 Å². The van der Waals surface area contributed by atoms with E-state index in [4.69, 9.17) is 14.8 Å². The van der Waals surface area contributed by atoms with Crippen LogP contribution in [0.1, 0.15) is 0 Å². The van der Waals surface area contributed by atoms with E-state index >= 15 is 0 Å². The smallest absolute Gasteiger partial charge is 0.142 e. The van der Waals surface area contributed by atoms with Crippen LogP contribution in [-0.4, -0.2) is 28.3 Å². The molecule has 2 N–H and O–H groups in total. The number of ether oxygens (including phenoxy) is 1. The molecule has 0 spiro atoms. The topological polar surface area (TPSA) is 58.1 Å². The molecule has 0 fully saturated rings. The van der Waals surface area contributed by atoms with Crippen LogP contribution in [0.15, 0.2) is 84.9 Å². The highest BCUT2D eigenvalue weighted by Gasteiger charge is 2.17. The molecule has 4 nitrogen and oxygen atoms in total. The van der Waals surface area contributed by atoms with Crippen LogP contribution in [-0.2, 0) is 0 Å². The molecule has 0 aliphatic rings. The van der Waals surface area contributed by atoms with Crippen molar-refractivity contribution in [3.63, 3.8) is 0 Å². The summed E-state index contributed by atoms with van der Waals surface area (Å²) in [5.41, 5.74) is 4.85. The van der Waals surface area contributed by atoms with Gasteiger partial charge in [-0.15, -0.1) is 0 Å². The predicted octanol–water partition coefficient (Wildman–Crippen LogP) is 4.78. The fourth-order valence-corrected chi connectivity index (χ4v) is 3.06. The minimum absolute atomic E-state index is 0.0307. The van der Waals surface area contributed by atoms with Crippen molar-refractivity contribution in [3.8, 4) is 39.7 Å². The van der Waals surface area contributed by atoms with Gasteiger partial charge in [0.2, 0.25) is 0 Å². The Balaban J connectivity index is 1.86. The SMILES string of the molecule is OCCOc1ccccc1-c1nc(-c2ccccc2)c(-c2ccccc2)[nH]1. The summed E-state index contributed by atoms with van der Waals surface area (Å²) < 4.78 is 5.69. The maximum absolute atomic E-state index is 9.09. The summed E-state index contributed by atoms with van der Waals surface area (Å²) in [6.07, 6.45) is 0. The normalized spacial score (nSPS) is 10.7. The van der Waals surface area contributed by atoms with Gasteiger partial charge < -0.3 is 14.8 Å². The van der Waals surface area contributed by atoms with E-state index in [-0.39, 0.29) is 13.2 Å². The summed E-state index contributed by atoms with van der Waals surface area (Å²) in [5, 5.41) is 9.09. The number of aliphatic hydroxyl groups is 1. The Kier molecular flexibility index (Phi) is 4.99. The molecule has 0 saturated carbocycles. The van der Waals surface area contributed by atoms with Gasteiger partial charge in [-0.2, -0.15) is 0 Å². The standard InChI is InChI=1S/C23H20N2O2/c26-15-16-27-20-14-8-7-13-19(20)23-24-21(17-9-3-1-4-10-17)22(25-23)18-11-5-2-6-12-18/h1-14,26H,15-16H2,(H,24,25). The summed E-state index contributed by atoms with van der Waals surface area (Å²) in [6, 6.07) is 28.0. The Morgan fingerprint density at radius 1 is 0.778 bits per heavy atom. The molecule has 4 heteroatoms. The Morgan fingerprint density at radius 2 is 1.41 bits per heavy atom. The molecule has 27 heavy (non-hydrogen) atoms. The summed E-state index contributed by atoms with van der Waals surface area (Å²) in [6.45, 7) is 0.214. The molecule has 1 heterocycles. The van der Waals surface area contributed by atoms with E-state index in [1.807, 2.05) is 60.7 Å². The number of aliphatic hydroxyl groups excluding tert-OH is 1. The van der Waals surface area contributed by atoms with Crippen molar-refractivity contribution in [1.82, 2.24) is 9.97 Å². The van der Waals surface area contributed by atoms with Gasteiger partial charge >= 0.3 is 0 Å². The van der Waals surface area contributed by atoms with Crippen LogP contribution >= 0.6 is 0 Å². The van der Waals surface area contributed by atoms with E-state index in [0.29, 0.717) is 5.75 Å². The number of rotatable bonds is 6. The van der Waals surface area contributed by atoms with Crippen LogP contribution < -0.4 is 4.74 Å². The monoisotopic (exact) mass is 356 g/mol. The van der Waals surface area contributed by atoms with Crippen molar-refractivity contribution >= 4 is 0 Å². The number of para-hydroxylation sites is 1. The molecule has 4 rings (SSSR count). The molecule has 0 radical (unpaired) electrons. The first-order valence-corrected chi connectivity index (χ1v) is 8.90. The second kappa shape index (κ2) is 7.89. The molecule has 4 aromatic rings. The predicted molar refractivity (Wildman–Crippen MR) is 107 cm³/mol. The number of H-pyrrole nitrogens is 1. The number of nitrogens with one attached hydrogen (secondary N) is 1. The third-order valence-electron chi connectivity index (χ3n) is 4.30. The molecule has 0 saturated heterocycles. The van der Waals surface area contributed by atoms with Crippen molar-refractivity contribution in [3.05, 3.63) is 84.9 Å². The van der Waals surface area contributed by atoms with Gasteiger partial charge in [0.15, 0.2) is 0 Å². The number of aromatic nitrogens is 2. The number of imidazole rings is 1. The fourth-order valence-electron chi connectivity index (χ4n) is 3.06. The lowest BCUT2D eigenvalue weighted by molar-refractivity contribution is 0.202. The average Bonchev–Trinajstić information content (AvgIpc) is 3.19. The van der Waals surface area contributed by atoms with Gasteiger partial charge in [-0.05, 0) is 12.1 Å². The first-order valence-electron chi connectivity index (χ1n) is 8.90. The van der Waals surface area contributed by atoms with E-state index in [0.717, 1.165) is 33.9 Å². The molecule has 0 amide bonds. The third kappa shape index (κ3) is 3.61. The molecule has 3 aromatic carbocycles. The van der Waals surface area contributed by atoms with E-state index in [1.165, 1.54) is 0 Å². The highest BCUT2D eigenvalue weighted by atomic mass is 16.5. The third-order valence-corrected chi connectivity index (χ3v) is 4.30. The van der Waals surface area contributed by atoms with Crippen LogP contribution in [0.4, 0.5) is 0 Å². The van der Waals surface area contributed by atoms with Crippen LogP contribution in [0.5, 0.6) is 5.75 Å². The number of hydrogen-bond donors (Lipinski definition) is 2. The quantitative estimate of drug-likeness (QED) is 0.523. The molecule has 0 unspecified atom stereocenters. The minimum Gasteiger partial charge on any atom is -0.490 e. The minimum atomic E-state index is -0.0307. The number of hydrogen-bond acceptors (Lipinski definition) is 3. The largest absolute Gasteiger partial charge is 0.490 e. The Morgan fingerprint density at radius 3 is 2.11 bits per heavy atom. The van der Waals surface area contributed by atoms with Crippen molar-refractivity contribution in [2.24, 2.45) is 0 Å². The summed E-state index contributed by atoms with van der Waals surface area (Å²) in [5.74, 6) is 1.43. The van der Waals surface area contributed by atoms with Gasteiger partial charge in [0.05, 0.1) is 23.6 Å². The molecular weight excluding hydrogens is 336 g/mol. The Hall–Kier alpha value is -3.37. The van der Waals surface area contributed by atoms with Crippen LogP contribution in [0.2, 0.25) is 0 Å². The van der Waals surface area contributed by atoms with E-state index < -0.39 is 0 Å². The maximum atomic E-state index is 9.09. The lowest BCUT2D eigenvalue weighted by Gasteiger charge is -2.08. The highest BCUT2D eigenvalue weighted by Crippen LogP contribution is 2.35. The second-order valence-electron chi connectivity index (χ2n) is 6.11. The molecule has 0 aliphatic carbocycles. The molecule has 1 aromatic heterocycles. The molecule has 0 aliphatic heterocycles. The Labute approximate surface area is 158 Å². The van der Waals surface area contributed by atoms with Gasteiger partial charge in [-0.25, -0.2) is 4.98 Å². The van der Waals surface area contributed by atoms with Gasteiger partial charge in [0, 0.05) is 11.1 Å². The van der Waals surface area contributed by atoms with Crippen molar-refractivity contribution < 1.29 is 9.84 Å². The zero-order chi connectivity index (χ0) is 18.5. The second-order valence-corrected chi connectivity index (χ2v) is 6.11.